The molecule has 3 N–H and O–H groups in total. The Balaban J connectivity index is 2.70. The second kappa shape index (κ2) is 9.91. The van der Waals surface area contributed by atoms with Crippen LogP contribution in [0.5, 0.6) is 0 Å². The van der Waals surface area contributed by atoms with Crippen molar-refractivity contribution in [2.45, 2.75) is 45.1 Å². The summed E-state index contributed by atoms with van der Waals surface area (Å²) in [6, 6.07) is -8.76. The Kier molecular flexibility index (Phi) is 3.24. The number of aromatic nitrogens is 2. The minimum atomic E-state index is -4.35. The SMILES string of the molecule is [2H]c1c(Cl)c([2H])c(C([2H])([2H])n2cncc2C[C@H](NC([2H])(C(=O)O)C([2H])([2H])C([2H])(C([2H])([2H])[2H])C([2H])([2H])[2H])C(=O)O)c([2H])c1Cl. The molecule has 0 fully saturated rings. The van der Waals surface area contributed by atoms with Crippen LogP contribution in [0.3, 0.4) is 0 Å². The van der Waals surface area contributed by atoms with E-state index in [4.69, 9.17) is 43.8 Å². The Labute approximate surface area is 194 Å². The van der Waals surface area contributed by atoms with Crippen LogP contribution in [-0.4, -0.2) is 43.8 Å². The summed E-state index contributed by atoms with van der Waals surface area (Å²) in [5.74, 6) is -8.84. The normalized spacial score (nSPS) is 24.7. The molecule has 1 aromatic carbocycles. The predicted molar refractivity (Wildman–Crippen MR) is 107 cm³/mol. The van der Waals surface area contributed by atoms with Crippen molar-refractivity contribution in [3.63, 3.8) is 0 Å². The third kappa shape index (κ3) is 6.51. The third-order valence-corrected chi connectivity index (χ3v) is 3.51. The molecule has 0 saturated heterocycles. The van der Waals surface area contributed by atoms with Gasteiger partial charge in [0.2, 0.25) is 0 Å². The molecule has 0 amide bonds. The number of nitrogens with zero attached hydrogens (tertiary/aromatic N) is 2. The molecule has 2 atom stereocenters. The highest BCUT2D eigenvalue weighted by Gasteiger charge is 2.27. The van der Waals surface area contributed by atoms with E-state index in [0.29, 0.717) is 4.57 Å². The lowest BCUT2D eigenvalue weighted by Gasteiger charge is -2.22. The summed E-state index contributed by atoms with van der Waals surface area (Å²) >= 11 is 11.8. The Hall–Kier alpha value is -2.09. The fraction of sp³-hybridized carbons (Fsp3) is 0.421. The Bertz CT molecular complexity index is 1390. The molecule has 0 aliphatic heterocycles. The molecule has 2 aromatic rings. The molecule has 2 rings (SSSR count). The number of hydrogen-bond donors (Lipinski definition) is 3. The van der Waals surface area contributed by atoms with Crippen LogP contribution in [0.4, 0.5) is 0 Å². The van der Waals surface area contributed by atoms with E-state index in [2.05, 4.69) is 4.98 Å². The highest BCUT2D eigenvalue weighted by Crippen LogP contribution is 2.20. The first kappa shape index (κ1) is 9.15. The molecule has 1 unspecified atom stereocenters. The van der Waals surface area contributed by atoms with Gasteiger partial charge in [0, 0.05) is 47.2 Å². The van der Waals surface area contributed by atoms with Gasteiger partial charge in [-0.1, -0.05) is 36.9 Å². The minimum Gasteiger partial charge on any atom is -0.480 e. The van der Waals surface area contributed by atoms with Crippen molar-refractivity contribution in [1.29, 1.82) is 0 Å². The molecular weight excluding hydrogens is 405 g/mol. The average molecular weight is 443 g/mol. The van der Waals surface area contributed by atoms with Gasteiger partial charge in [0.1, 0.15) is 12.1 Å². The summed E-state index contributed by atoms with van der Waals surface area (Å²) in [7, 11) is 0. The van der Waals surface area contributed by atoms with E-state index in [1.807, 2.05) is 0 Å². The molecule has 9 heteroatoms. The maximum Gasteiger partial charge on any atom is 0.321 e. The number of carboxylic acid groups (broad SMARTS) is 2. The molecule has 0 radical (unpaired) electrons. The monoisotopic (exact) mass is 442 g/mol. The Morgan fingerprint density at radius 1 is 1.32 bits per heavy atom. The number of halogens is 2. The van der Waals surface area contributed by atoms with E-state index in [1.165, 1.54) is 0 Å². The second-order valence-corrected chi connectivity index (χ2v) is 5.92. The van der Waals surface area contributed by atoms with E-state index in [0.717, 1.165) is 12.5 Å². The number of carbonyl (C=O) groups is 2. The maximum absolute atomic E-state index is 12.2. The number of rotatable bonds is 10. The van der Waals surface area contributed by atoms with Crippen LogP contribution >= 0.6 is 23.2 Å². The number of benzene rings is 1. The van der Waals surface area contributed by atoms with Crippen molar-refractivity contribution in [1.82, 2.24) is 14.9 Å². The summed E-state index contributed by atoms with van der Waals surface area (Å²) in [4.78, 5) is 28.1. The van der Waals surface area contributed by atoms with E-state index < -0.39 is 102 Å². The van der Waals surface area contributed by atoms with Gasteiger partial charge in [-0.2, -0.15) is 0 Å². The summed E-state index contributed by atoms with van der Waals surface area (Å²) in [5, 5.41) is 20.0. The van der Waals surface area contributed by atoms with Gasteiger partial charge in [-0.15, -0.1) is 0 Å². The van der Waals surface area contributed by atoms with Crippen molar-refractivity contribution in [2.75, 3.05) is 0 Å². The van der Waals surface area contributed by atoms with Gasteiger partial charge in [-0.05, 0) is 36.0 Å². The topological polar surface area (TPSA) is 104 Å². The van der Waals surface area contributed by atoms with Gasteiger partial charge >= 0.3 is 11.9 Å². The van der Waals surface area contributed by atoms with Crippen molar-refractivity contribution < 1.29 is 40.4 Å². The van der Waals surface area contributed by atoms with Crippen LogP contribution in [0.2, 0.25) is 10.0 Å². The maximum atomic E-state index is 12.2. The fourth-order valence-corrected chi connectivity index (χ4v) is 2.45. The molecule has 0 spiro atoms. The lowest BCUT2D eigenvalue weighted by atomic mass is 10.0. The van der Waals surface area contributed by atoms with Crippen molar-refractivity contribution in [3.05, 3.63) is 52.0 Å². The van der Waals surface area contributed by atoms with E-state index >= 15 is 0 Å². The molecule has 1 heterocycles. The van der Waals surface area contributed by atoms with Crippen molar-refractivity contribution in [3.8, 4) is 0 Å². The van der Waals surface area contributed by atoms with Crippen LogP contribution in [0.15, 0.2) is 30.7 Å². The zero-order chi connectivity index (χ0) is 33.9. The third-order valence-electron chi connectivity index (χ3n) is 3.13. The molecular formula is C19H23Cl2N3O4. The van der Waals surface area contributed by atoms with Crippen LogP contribution in [0, 0.1) is 5.89 Å². The lowest BCUT2D eigenvalue weighted by molar-refractivity contribution is -0.142. The first-order valence-electron chi connectivity index (χ1n) is 14.8. The fourth-order valence-electron chi connectivity index (χ4n) is 2.02. The molecule has 0 bridgehead atoms. The number of aliphatic carboxylic acids is 2. The largest absolute Gasteiger partial charge is 0.480 e. The molecule has 7 nitrogen and oxygen atoms in total. The van der Waals surface area contributed by atoms with E-state index in [1.54, 1.807) is 5.32 Å². The van der Waals surface area contributed by atoms with Crippen LogP contribution in [0.1, 0.15) is 51.9 Å². The number of carboxylic acids is 2. The van der Waals surface area contributed by atoms with Gasteiger partial charge < -0.3 is 14.8 Å². The van der Waals surface area contributed by atoms with Crippen LogP contribution < -0.4 is 5.32 Å². The second-order valence-electron chi connectivity index (χ2n) is 5.16. The van der Waals surface area contributed by atoms with Crippen molar-refractivity contribution in [2.24, 2.45) is 5.89 Å². The molecule has 1 aromatic heterocycles. The smallest absolute Gasteiger partial charge is 0.321 e. The average Bonchev–Trinajstić information content (AvgIpc) is 3.32. The van der Waals surface area contributed by atoms with Crippen molar-refractivity contribution >= 4 is 35.1 Å². The minimum absolute atomic E-state index is 0.428. The van der Waals surface area contributed by atoms with Crippen LogP contribution in [-0.2, 0) is 22.5 Å². The van der Waals surface area contributed by atoms with Gasteiger partial charge in [-0.3, -0.25) is 14.9 Å². The molecule has 28 heavy (non-hydrogen) atoms. The zero-order valence-corrected chi connectivity index (χ0v) is 15.3. The van der Waals surface area contributed by atoms with Gasteiger partial charge in [0.05, 0.1) is 14.6 Å². The molecule has 0 aliphatic rings. The summed E-state index contributed by atoms with van der Waals surface area (Å²) in [6.07, 6.45) is -3.72. The highest BCUT2D eigenvalue weighted by atomic mass is 35.5. The van der Waals surface area contributed by atoms with Gasteiger partial charge in [0.15, 0.2) is 0 Å². The number of nitrogens with one attached hydrogen (secondary N) is 1. The number of hydrogen-bond acceptors (Lipinski definition) is 4. The molecule has 0 aliphatic carbocycles. The van der Waals surface area contributed by atoms with Gasteiger partial charge in [-0.25, -0.2) is 4.98 Å². The Morgan fingerprint density at radius 3 is 2.57 bits per heavy atom. The Morgan fingerprint density at radius 2 is 2.00 bits per heavy atom. The van der Waals surface area contributed by atoms with Crippen LogP contribution in [0.25, 0.3) is 0 Å². The highest BCUT2D eigenvalue weighted by molar-refractivity contribution is 6.34. The summed E-state index contributed by atoms with van der Waals surface area (Å²) in [5.41, 5.74) is -1.20. The standard InChI is InChI=1S/C19H23Cl2N3O4/c1-11(2)3-16(18(25)26)23-17(19(27)28)7-15-8-22-10-24(15)9-12-4-13(20)6-14(21)5-12/h4-6,8,10-11,16-17,23H,3,7,9H2,1-2H3,(H,25,26)(H,27,28)/t16?,17-/m0/s1/i1D3,2D3,3D2,4D,5D,6D,9D2,11D,16D. The zero-order valence-electron chi connectivity index (χ0n) is 28.8. The summed E-state index contributed by atoms with van der Waals surface area (Å²) < 4.78 is 120. The molecule has 152 valence electrons. The number of imidazole rings is 1. The summed E-state index contributed by atoms with van der Waals surface area (Å²) in [6.45, 7) is -11.1. The quantitative estimate of drug-likeness (QED) is 0.521. The van der Waals surface area contributed by atoms with E-state index in [9.17, 15) is 19.8 Å². The first-order chi connectivity index (χ1) is 19.1. The predicted octanol–water partition coefficient (Wildman–Crippen LogP) is 3.32. The molecule has 0 saturated carbocycles. The first-order valence-corrected chi connectivity index (χ1v) is 8.09. The van der Waals surface area contributed by atoms with Gasteiger partial charge in [0.25, 0.3) is 0 Å². The lowest BCUT2D eigenvalue weighted by Crippen LogP contribution is -2.49. The van der Waals surface area contributed by atoms with E-state index in [-0.39, 0.29) is 0 Å².